The average molecular weight is 348 g/mol. The van der Waals surface area contributed by atoms with E-state index in [-0.39, 0.29) is 11.3 Å². The molecule has 0 saturated heterocycles. The van der Waals surface area contributed by atoms with Crippen LogP contribution in [-0.2, 0) is 16.4 Å². The molecule has 0 amide bonds. The van der Waals surface area contributed by atoms with Crippen molar-refractivity contribution in [1.82, 2.24) is 10.3 Å². The van der Waals surface area contributed by atoms with Crippen molar-refractivity contribution in [2.24, 2.45) is 0 Å². The monoisotopic (exact) mass is 348 g/mol. The van der Waals surface area contributed by atoms with Crippen LogP contribution in [0.5, 0.6) is 0 Å². The van der Waals surface area contributed by atoms with Crippen LogP contribution >= 0.6 is 0 Å². The lowest BCUT2D eigenvalue weighted by Gasteiger charge is -2.30. The number of nitrogens with one attached hydrogen (secondary N) is 1. The third kappa shape index (κ3) is 4.05. The highest BCUT2D eigenvalue weighted by atomic mass is 32.2. The number of rotatable bonds is 5. The molecule has 0 spiro atoms. The molecule has 1 aromatic heterocycles. The van der Waals surface area contributed by atoms with Gasteiger partial charge in [-0.15, -0.1) is 0 Å². The highest BCUT2D eigenvalue weighted by Crippen LogP contribution is 2.25. The molecule has 1 aliphatic carbocycles. The Balaban J connectivity index is 1.65. The summed E-state index contributed by atoms with van der Waals surface area (Å²) in [5.41, 5.74) is 2.93. The molecule has 1 saturated carbocycles. The summed E-state index contributed by atoms with van der Waals surface area (Å²) in [6.45, 7) is 2.56. The largest absolute Gasteiger partial charge is 0.444 e. The molecule has 130 valence electrons. The molecule has 2 atom stereocenters. The molecule has 1 aromatic carbocycles. The first kappa shape index (κ1) is 17.2. The van der Waals surface area contributed by atoms with Crippen LogP contribution in [0.4, 0.5) is 0 Å². The number of hydrogen-bond acceptors (Lipinski definition) is 5. The smallest absolute Gasteiger partial charge is 0.226 e. The Morgan fingerprint density at radius 1 is 1.21 bits per heavy atom. The molecule has 0 unspecified atom stereocenters. The van der Waals surface area contributed by atoms with E-state index < -0.39 is 9.84 Å². The Hall–Kier alpha value is -1.66. The zero-order valence-corrected chi connectivity index (χ0v) is 15.0. The third-order valence-electron chi connectivity index (χ3n) is 4.65. The summed E-state index contributed by atoms with van der Waals surface area (Å²) >= 11 is 0. The SMILES string of the molecule is Cc1ccc(-c2nc(CN[C@@H]3CCCC[C@H]3S(C)(=O)=O)co2)cc1. The quantitative estimate of drug-likeness (QED) is 0.899. The molecule has 0 radical (unpaired) electrons. The second kappa shape index (κ2) is 7.07. The Morgan fingerprint density at radius 3 is 2.62 bits per heavy atom. The molecule has 0 bridgehead atoms. The predicted molar refractivity (Wildman–Crippen MR) is 94.4 cm³/mol. The summed E-state index contributed by atoms with van der Waals surface area (Å²) in [5.74, 6) is 0.593. The van der Waals surface area contributed by atoms with Crippen molar-refractivity contribution in [3.63, 3.8) is 0 Å². The van der Waals surface area contributed by atoms with E-state index in [1.54, 1.807) is 6.26 Å². The van der Waals surface area contributed by atoms with Crippen molar-refractivity contribution in [3.05, 3.63) is 41.8 Å². The van der Waals surface area contributed by atoms with Gasteiger partial charge in [0.2, 0.25) is 5.89 Å². The zero-order valence-electron chi connectivity index (χ0n) is 14.2. The Morgan fingerprint density at radius 2 is 1.92 bits per heavy atom. The van der Waals surface area contributed by atoms with Gasteiger partial charge in [-0.1, -0.05) is 30.5 Å². The number of benzene rings is 1. The lowest BCUT2D eigenvalue weighted by molar-refractivity contribution is 0.369. The fourth-order valence-corrected chi connectivity index (χ4v) is 4.72. The summed E-state index contributed by atoms with van der Waals surface area (Å²) in [6, 6.07) is 8.01. The van der Waals surface area contributed by atoms with Crippen LogP contribution in [0.3, 0.4) is 0 Å². The average Bonchev–Trinajstić information content (AvgIpc) is 3.02. The first-order chi connectivity index (χ1) is 11.4. The number of hydrogen-bond donors (Lipinski definition) is 1. The van der Waals surface area contributed by atoms with E-state index in [1.807, 2.05) is 31.2 Å². The lowest BCUT2D eigenvalue weighted by atomic mass is 9.95. The van der Waals surface area contributed by atoms with E-state index >= 15 is 0 Å². The molecule has 1 N–H and O–H groups in total. The van der Waals surface area contributed by atoms with Crippen molar-refractivity contribution in [1.29, 1.82) is 0 Å². The molecule has 5 nitrogen and oxygen atoms in total. The van der Waals surface area contributed by atoms with Gasteiger partial charge >= 0.3 is 0 Å². The summed E-state index contributed by atoms with van der Waals surface area (Å²) in [6.07, 6.45) is 6.66. The van der Waals surface area contributed by atoms with Gasteiger partial charge in [0.25, 0.3) is 0 Å². The van der Waals surface area contributed by atoms with Crippen molar-refractivity contribution >= 4 is 9.84 Å². The van der Waals surface area contributed by atoms with Crippen LogP contribution in [0.15, 0.2) is 34.9 Å². The van der Waals surface area contributed by atoms with Gasteiger partial charge in [0.15, 0.2) is 9.84 Å². The van der Waals surface area contributed by atoms with Crippen molar-refractivity contribution in [3.8, 4) is 11.5 Å². The minimum Gasteiger partial charge on any atom is -0.444 e. The molecule has 1 heterocycles. The van der Waals surface area contributed by atoms with Gasteiger partial charge in [0, 0.05) is 24.4 Å². The van der Waals surface area contributed by atoms with Crippen LogP contribution in [0.2, 0.25) is 0 Å². The van der Waals surface area contributed by atoms with Gasteiger partial charge in [0.1, 0.15) is 6.26 Å². The van der Waals surface area contributed by atoms with E-state index in [0.29, 0.717) is 12.4 Å². The van der Waals surface area contributed by atoms with Gasteiger partial charge in [0.05, 0.1) is 10.9 Å². The molecular weight excluding hydrogens is 324 g/mol. The van der Waals surface area contributed by atoms with Crippen LogP contribution in [0, 0.1) is 6.92 Å². The number of aryl methyl sites for hydroxylation is 1. The minimum absolute atomic E-state index is 0.00623. The first-order valence-electron chi connectivity index (χ1n) is 8.37. The highest BCUT2D eigenvalue weighted by Gasteiger charge is 2.32. The van der Waals surface area contributed by atoms with Gasteiger partial charge < -0.3 is 9.73 Å². The third-order valence-corrected chi connectivity index (χ3v) is 6.31. The second-order valence-corrected chi connectivity index (χ2v) is 8.91. The number of aromatic nitrogens is 1. The van der Waals surface area contributed by atoms with Gasteiger partial charge in [-0.25, -0.2) is 13.4 Å². The minimum atomic E-state index is -3.03. The van der Waals surface area contributed by atoms with Crippen LogP contribution in [0.1, 0.15) is 36.9 Å². The topological polar surface area (TPSA) is 72.2 Å². The Bertz CT molecular complexity index is 781. The maximum absolute atomic E-state index is 12.0. The summed E-state index contributed by atoms with van der Waals surface area (Å²) in [7, 11) is -3.03. The molecule has 1 aliphatic rings. The van der Waals surface area contributed by atoms with Crippen molar-refractivity contribution in [2.75, 3.05) is 6.26 Å². The molecule has 2 aromatic rings. The predicted octanol–water partition coefficient (Wildman–Crippen LogP) is 3.10. The second-order valence-electron chi connectivity index (χ2n) is 6.65. The Labute approximate surface area is 143 Å². The lowest BCUT2D eigenvalue weighted by Crippen LogP contribution is -2.45. The normalized spacial score (nSPS) is 21.8. The molecule has 3 rings (SSSR count). The zero-order chi connectivity index (χ0) is 17.2. The van der Waals surface area contributed by atoms with Crippen molar-refractivity contribution < 1.29 is 12.8 Å². The summed E-state index contributed by atoms with van der Waals surface area (Å²) in [5, 5.41) is 3.07. The molecule has 24 heavy (non-hydrogen) atoms. The standard InChI is InChI=1S/C18H24N2O3S/c1-13-7-9-14(10-8-13)18-20-15(12-23-18)11-19-16-5-3-4-6-17(16)24(2,21)22/h7-10,12,16-17,19H,3-6,11H2,1-2H3/t16-,17-/m1/s1. The first-order valence-corrected chi connectivity index (χ1v) is 10.3. The molecule has 6 heteroatoms. The molecule has 0 aliphatic heterocycles. The summed E-state index contributed by atoms with van der Waals surface area (Å²) in [4.78, 5) is 4.50. The van der Waals surface area contributed by atoms with Gasteiger partial charge in [-0.05, 0) is 31.9 Å². The fraction of sp³-hybridized carbons (Fsp3) is 0.500. The van der Waals surface area contributed by atoms with E-state index in [4.69, 9.17) is 4.42 Å². The van der Waals surface area contributed by atoms with Gasteiger partial charge in [-0.3, -0.25) is 0 Å². The molecular formula is C18H24N2O3S. The van der Waals surface area contributed by atoms with Gasteiger partial charge in [-0.2, -0.15) is 0 Å². The number of oxazole rings is 1. The number of nitrogens with zero attached hydrogens (tertiary/aromatic N) is 1. The maximum atomic E-state index is 12.0. The van der Waals surface area contributed by atoms with E-state index in [9.17, 15) is 8.42 Å². The van der Waals surface area contributed by atoms with Crippen LogP contribution in [-0.4, -0.2) is 30.9 Å². The highest BCUT2D eigenvalue weighted by molar-refractivity contribution is 7.91. The Kier molecular flexibility index (Phi) is 5.06. The maximum Gasteiger partial charge on any atom is 0.226 e. The van der Waals surface area contributed by atoms with E-state index in [2.05, 4.69) is 10.3 Å². The number of sulfone groups is 1. The van der Waals surface area contributed by atoms with Crippen LogP contribution < -0.4 is 5.32 Å². The molecule has 1 fully saturated rings. The van der Waals surface area contributed by atoms with E-state index in [0.717, 1.165) is 36.9 Å². The summed E-state index contributed by atoms with van der Waals surface area (Å²) < 4.78 is 29.5. The van der Waals surface area contributed by atoms with Crippen LogP contribution in [0.25, 0.3) is 11.5 Å². The van der Waals surface area contributed by atoms with Crippen molar-refractivity contribution in [2.45, 2.75) is 50.4 Å². The van der Waals surface area contributed by atoms with E-state index in [1.165, 1.54) is 11.8 Å². The fourth-order valence-electron chi connectivity index (χ4n) is 3.30.